The summed E-state index contributed by atoms with van der Waals surface area (Å²) in [5.74, 6) is 1.80. The Morgan fingerprint density at radius 3 is 2.25 bits per heavy atom. The van der Waals surface area contributed by atoms with Crippen molar-refractivity contribution in [1.29, 1.82) is 0 Å². The summed E-state index contributed by atoms with van der Waals surface area (Å²) in [6.07, 6.45) is 0. The van der Waals surface area contributed by atoms with Gasteiger partial charge < -0.3 is 11.5 Å². The van der Waals surface area contributed by atoms with Crippen molar-refractivity contribution in [3.63, 3.8) is 0 Å². The molecule has 1 aromatic carbocycles. The highest BCUT2D eigenvalue weighted by atomic mass is 15.2. The summed E-state index contributed by atoms with van der Waals surface area (Å²) < 4.78 is 0. The van der Waals surface area contributed by atoms with Crippen molar-refractivity contribution < 1.29 is 0 Å². The highest BCUT2D eigenvalue weighted by Crippen LogP contribution is 2.22. The summed E-state index contributed by atoms with van der Waals surface area (Å²) in [5, 5.41) is 7.04. The third-order valence-corrected chi connectivity index (χ3v) is 2.29. The summed E-state index contributed by atoms with van der Waals surface area (Å²) in [6, 6.07) is 5.33. The van der Waals surface area contributed by atoms with Crippen LogP contribution in [0, 0.1) is 0 Å². The van der Waals surface area contributed by atoms with Crippen molar-refractivity contribution in [3.8, 4) is 11.4 Å². The predicted octanol–water partition coefficient (Wildman–Crippen LogP) is 1.76. The van der Waals surface area contributed by atoms with E-state index in [1.54, 1.807) is 6.07 Å². The predicted molar refractivity (Wildman–Crippen MR) is 64.7 cm³/mol. The molecule has 0 fully saturated rings. The number of benzene rings is 1. The molecular weight excluding hydrogens is 202 g/mol. The second-order valence-corrected chi connectivity index (χ2v) is 4.09. The van der Waals surface area contributed by atoms with Crippen LogP contribution in [-0.2, 0) is 0 Å². The van der Waals surface area contributed by atoms with Crippen LogP contribution in [0.1, 0.15) is 25.6 Å². The van der Waals surface area contributed by atoms with E-state index in [-0.39, 0.29) is 0 Å². The van der Waals surface area contributed by atoms with Crippen LogP contribution in [0.4, 0.5) is 11.4 Å². The van der Waals surface area contributed by atoms with Crippen molar-refractivity contribution in [1.82, 2.24) is 15.2 Å². The number of hydrogen-bond acceptors (Lipinski definition) is 4. The number of nitrogens with zero attached hydrogens (tertiary/aromatic N) is 2. The summed E-state index contributed by atoms with van der Waals surface area (Å²) in [7, 11) is 0. The summed E-state index contributed by atoms with van der Waals surface area (Å²) >= 11 is 0. The fraction of sp³-hybridized carbons (Fsp3) is 0.273. The molecular formula is C11H15N5. The van der Waals surface area contributed by atoms with Crippen molar-refractivity contribution >= 4 is 11.4 Å². The average molecular weight is 217 g/mol. The van der Waals surface area contributed by atoms with Crippen LogP contribution in [-0.4, -0.2) is 15.2 Å². The van der Waals surface area contributed by atoms with Gasteiger partial charge in [-0.25, -0.2) is 4.98 Å². The standard InChI is InChI=1S/C11H15N5/c1-6(2)10-14-11(16-15-10)7-3-8(12)5-9(13)4-7/h3-6H,12-13H2,1-2H3,(H,14,15,16). The minimum atomic E-state index is 0.319. The molecule has 0 bridgehead atoms. The Hall–Kier alpha value is -2.04. The molecule has 2 rings (SSSR count). The zero-order valence-electron chi connectivity index (χ0n) is 9.36. The first kappa shape index (κ1) is 10.5. The summed E-state index contributed by atoms with van der Waals surface area (Å²) in [4.78, 5) is 4.38. The largest absolute Gasteiger partial charge is 0.399 e. The van der Waals surface area contributed by atoms with Gasteiger partial charge in [0.1, 0.15) is 5.82 Å². The van der Waals surface area contributed by atoms with Gasteiger partial charge in [-0.05, 0) is 18.2 Å². The van der Waals surface area contributed by atoms with Gasteiger partial charge in [0, 0.05) is 22.9 Å². The van der Waals surface area contributed by atoms with Gasteiger partial charge >= 0.3 is 0 Å². The van der Waals surface area contributed by atoms with Crippen molar-refractivity contribution in [2.75, 3.05) is 11.5 Å². The monoisotopic (exact) mass is 217 g/mol. The van der Waals surface area contributed by atoms with Gasteiger partial charge in [0.15, 0.2) is 5.82 Å². The molecule has 0 spiro atoms. The molecule has 0 radical (unpaired) electrons. The van der Waals surface area contributed by atoms with Crippen molar-refractivity contribution in [3.05, 3.63) is 24.0 Å². The first-order valence-electron chi connectivity index (χ1n) is 5.15. The fourth-order valence-electron chi connectivity index (χ4n) is 1.47. The van der Waals surface area contributed by atoms with Gasteiger partial charge in [-0.3, -0.25) is 5.10 Å². The molecule has 0 saturated heterocycles. The third-order valence-electron chi connectivity index (χ3n) is 2.29. The lowest BCUT2D eigenvalue weighted by molar-refractivity contribution is 0.781. The molecule has 0 aliphatic carbocycles. The molecule has 1 heterocycles. The number of aromatic nitrogens is 3. The van der Waals surface area contributed by atoms with E-state index in [1.807, 2.05) is 12.1 Å². The number of hydrogen-bond donors (Lipinski definition) is 3. The maximum Gasteiger partial charge on any atom is 0.181 e. The van der Waals surface area contributed by atoms with Crippen molar-refractivity contribution in [2.24, 2.45) is 0 Å². The van der Waals surface area contributed by atoms with Gasteiger partial charge in [0.05, 0.1) is 0 Å². The molecule has 0 aliphatic heterocycles. The number of nitrogen functional groups attached to an aromatic ring is 2. The molecule has 16 heavy (non-hydrogen) atoms. The number of nitrogens with one attached hydrogen (secondary N) is 1. The average Bonchev–Trinajstić information content (AvgIpc) is 2.64. The fourth-order valence-corrected chi connectivity index (χ4v) is 1.47. The normalized spacial score (nSPS) is 10.9. The lowest BCUT2D eigenvalue weighted by Crippen LogP contribution is -1.92. The van der Waals surface area contributed by atoms with E-state index in [4.69, 9.17) is 11.5 Å². The minimum Gasteiger partial charge on any atom is -0.399 e. The molecule has 84 valence electrons. The summed E-state index contributed by atoms with van der Waals surface area (Å²) in [6.45, 7) is 4.11. The molecule has 0 amide bonds. The molecule has 0 saturated carbocycles. The lowest BCUT2D eigenvalue weighted by Gasteiger charge is -2.00. The van der Waals surface area contributed by atoms with Gasteiger partial charge in [-0.15, -0.1) is 0 Å². The van der Waals surface area contributed by atoms with E-state index in [2.05, 4.69) is 29.0 Å². The number of anilines is 2. The van der Waals surface area contributed by atoms with Crippen LogP contribution >= 0.6 is 0 Å². The summed E-state index contributed by atoms with van der Waals surface area (Å²) in [5.41, 5.74) is 13.5. The zero-order chi connectivity index (χ0) is 11.7. The molecule has 5 nitrogen and oxygen atoms in total. The van der Waals surface area contributed by atoms with E-state index in [1.165, 1.54) is 0 Å². The maximum atomic E-state index is 5.72. The van der Waals surface area contributed by atoms with Gasteiger partial charge in [0.2, 0.25) is 0 Å². The Morgan fingerprint density at radius 1 is 1.12 bits per heavy atom. The van der Waals surface area contributed by atoms with Gasteiger partial charge in [-0.2, -0.15) is 5.10 Å². The minimum absolute atomic E-state index is 0.319. The highest BCUT2D eigenvalue weighted by Gasteiger charge is 2.09. The molecule has 2 aromatic rings. The number of aromatic amines is 1. The second kappa shape index (κ2) is 3.84. The van der Waals surface area contributed by atoms with E-state index in [0.29, 0.717) is 23.1 Å². The molecule has 5 N–H and O–H groups in total. The molecule has 0 atom stereocenters. The van der Waals surface area contributed by atoms with Crippen LogP contribution in [0.3, 0.4) is 0 Å². The van der Waals surface area contributed by atoms with Crippen LogP contribution in [0.15, 0.2) is 18.2 Å². The van der Waals surface area contributed by atoms with Crippen molar-refractivity contribution in [2.45, 2.75) is 19.8 Å². The number of rotatable bonds is 2. The molecule has 0 aliphatic rings. The van der Waals surface area contributed by atoms with Crippen LogP contribution in [0.5, 0.6) is 0 Å². The Bertz CT molecular complexity index is 481. The quantitative estimate of drug-likeness (QED) is 0.668. The Labute approximate surface area is 93.9 Å². The Morgan fingerprint density at radius 2 is 1.75 bits per heavy atom. The van der Waals surface area contributed by atoms with E-state index >= 15 is 0 Å². The van der Waals surface area contributed by atoms with Crippen LogP contribution < -0.4 is 11.5 Å². The molecule has 5 heteroatoms. The van der Waals surface area contributed by atoms with E-state index < -0.39 is 0 Å². The second-order valence-electron chi connectivity index (χ2n) is 4.09. The lowest BCUT2D eigenvalue weighted by atomic mass is 10.1. The Balaban J connectivity index is 2.42. The third kappa shape index (κ3) is 1.98. The smallest absolute Gasteiger partial charge is 0.181 e. The Kier molecular flexibility index (Phi) is 2.52. The molecule has 0 unspecified atom stereocenters. The number of H-pyrrole nitrogens is 1. The highest BCUT2D eigenvalue weighted by molar-refractivity contribution is 5.67. The van der Waals surface area contributed by atoms with Crippen LogP contribution in [0.25, 0.3) is 11.4 Å². The SMILES string of the molecule is CC(C)c1nc(-c2cc(N)cc(N)c2)n[nH]1. The first-order valence-corrected chi connectivity index (χ1v) is 5.15. The van der Waals surface area contributed by atoms with E-state index in [9.17, 15) is 0 Å². The van der Waals surface area contributed by atoms with Gasteiger partial charge in [-0.1, -0.05) is 13.8 Å². The topological polar surface area (TPSA) is 93.6 Å². The maximum absolute atomic E-state index is 5.72. The van der Waals surface area contributed by atoms with E-state index in [0.717, 1.165) is 11.4 Å². The first-order chi connectivity index (χ1) is 7.56. The zero-order valence-corrected chi connectivity index (χ0v) is 9.36. The van der Waals surface area contributed by atoms with Crippen LogP contribution in [0.2, 0.25) is 0 Å². The molecule has 1 aromatic heterocycles. The van der Waals surface area contributed by atoms with Gasteiger partial charge in [0.25, 0.3) is 0 Å². The number of nitrogens with two attached hydrogens (primary N) is 2.